The van der Waals surface area contributed by atoms with E-state index in [1.54, 1.807) is 18.2 Å². The van der Waals surface area contributed by atoms with Gasteiger partial charge in [0.2, 0.25) is 0 Å². The normalized spacial score (nSPS) is 31.5. The smallest absolute Gasteiger partial charge is 0.335 e. The molecule has 0 amide bonds. The minimum atomic E-state index is -3.41. The molecular formula is C36H52N2O10Si2. The number of ether oxygens (including phenoxy) is 2. The first-order valence-electron chi connectivity index (χ1n) is 17.4. The summed E-state index contributed by atoms with van der Waals surface area (Å²) in [5.74, 6) is -3.29. The van der Waals surface area contributed by atoms with E-state index in [2.05, 4.69) is 5.48 Å². The van der Waals surface area contributed by atoms with E-state index in [0.29, 0.717) is 0 Å². The molecule has 1 unspecified atom stereocenters. The zero-order chi connectivity index (χ0) is 36.7. The number of esters is 1. The zero-order valence-corrected chi connectivity index (χ0v) is 32.2. The number of carbonyl (C=O) groups excluding carboxylic acids is 1. The van der Waals surface area contributed by atoms with Gasteiger partial charge in [-0.3, -0.25) is 9.63 Å². The largest absolute Gasteiger partial charge is 0.457 e. The summed E-state index contributed by atoms with van der Waals surface area (Å²) in [6.45, 7) is 15.4. The SMILES string of the molecule is CC(C)[Si]1(C(C)C)O[C@@H]2[C@H](O[Si](C(C)C)(C(C)C)O1)[C@](O)(CO)[C@H](OC(O)(C#N)c1ccccc1)[C@@H]1OC(=O)C[C@]21NOCc1ccccc1. The van der Waals surface area contributed by atoms with Crippen LogP contribution in [0.2, 0.25) is 22.2 Å². The Hall–Kier alpha value is -2.53. The van der Waals surface area contributed by atoms with Gasteiger partial charge in [-0.15, -0.1) is 0 Å². The lowest BCUT2D eigenvalue weighted by molar-refractivity contribution is -0.325. The third kappa shape index (κ3) is 6.41. The quantitative estimate of drug-likeness (QED) is 0.0791. The number of aliphatic hydroxyl groups excluding tert-OH is 1. The van der Waals surface area contributed by atoms with Gasteiger partial charge in [0, 0.05) is 5.56 Å². The first-order chi connectivity index (χ1) is 23.5. The fraction of sp³-hybridized carbons (Fsp3) is 0.611. The summed E-state index contributed by atoms with van der Waals surface area (Å²) in [5, 5.41) is 46.3. The molecule has 0 bridgehead atoms. The van der Waals surface area contributed by atoms with E-state index < -0.39 is 71.0 Å². The van der Waals surface area contributed by atoms with Gasteiger partial charge in [-0.2, -0.15) is 10.7 Å². The topological polar surface area (TPSA) is 169 Å². The summed E-state index contributed by atoms with van der Waals surface area (Å²) in [5.41, 5.74) is -0.426. The van der Waals surface area contributed by atoms with Crippen molar-refractivity contribution in [3.05, 3.63) is 71.8 Å². The van der Waals surface area contributed by atoms with Crippen molar-refractivity contribution in [2.45, 2.75) is 132 Å². The van der Waals surface area contributed by atoms with Crippen molar-refractivity contribution in [3.63, 3.8) is 0 Å². The van der Waals surface area contributed by atoms with E-state index in [4.69, 9.17) is 27.3 Å². The molecule has 3 fully saturated rings. The first-order valence-corrected chi connectivity index (χ1v) is 21.4. The summed E-state index contributed by atoms with van der Waals surface area (Å²) in [6.07, 6.45) is -6.03. The van der Waals surface area contributed by atoms with Gasteiger partial charge in [0.05, 0.1) is 19.6 Å². The summed E-state index contributed by atoms with van der Waals surface area (Å²) >= 11 is 0. The van der Waals surface area contributed by atoms with Gasteiger partial charge in [-0.05, 0) is 27.7 Å². The Morgan fingerprint density at radius 2 is 1.42 bits per heavy atom. The van der Waals surface area contributed by atoms with Crippen LogP contribution in [0.1, 0.15) is 72.9 Å². The number of hydrogen-bond acceptors (Lipinski definition) is 12. The summed E-state index contributed by atoms with van der Waals surface area (Å²) in [7, 11) is -6.77. The lowest BCUT2D eigenvalue weighted by Gasteiger charge is -2.57. The van der Waals surface area contributed by atoms with Gasteiger partial charge in [-0.1, -0.05) is 116 Å². The molecule has 7 atom stereocenters. The maximum atomic E-state index is 13.6. The predicted molar refractivity (Wildman–Crippen MR) is 187 cm³/mol. The van der Waals surface area contributed by atoms with Crippen LogP contribution in [0.15, 0.2) is 60.7 Å². The van der Waals surface area contributed by atoms with E-state index in [-0.39, 0.29) is 40.8 Å². The molecule has 274 valence electrons. The Kier molecular flexibility index (Phi) is 11.2. The van der Waals surface area contributed by atoms with Crippen LogP contribution in [0.3, 0.4) is 0 Å². The highest BCUT2D eigenvalue weighted by Gasteiger charge is 2.77. The molecule has 1 saturated carbocycles. The average molecular weight is 729 g/mol. The van der Waals surface area contributed by atoms with Crippen molar-refractivity contribution in [2.75, 3.05) is 6.61 Å². The van der Waals surface area contributed by atoms with Gasteiger partial charge in [0.1, 0.15) is 35.5 Å². The second-order valence-corrected chi connectivity index (χ2v) is 23.8. The number of carbonyl (C=O) groups is 1. The molecule has 1 aliphatic carbocycles. The van der Waals surface area contributed by atoms with Crippen molar-refractivity contribution in [3.8, 4) is 6.07 Å². The number of aliphatic hydroxyl groups is 3. The van der Waals surface area contributed by atoms with Gasteiger partial charge >= 0.3 is 23.1 Å². The molecule has 5 rings (SSSR count). The molecule has 12 nitrogen and oxygen atoms in total. The molecule has 2 aliphatic heterocycles. The number of nitrogens with one attached hydrogen (secondary N) is 1. The minimum Gasteiger partial charge on any atom is -0.457 e. The summed E-state index contributed by atoms with van der Waals surface area (Å²) in [4.78, 5) is 19.7. The van der Waals surface area contributed by atoms with Crippen LogP contribution in [-0.4, -0.2) is 80.6 Å². The Morgan fingerprint density at radius 3 is 1.92 bits per heavy atom. The lowest BCUT2D eigenvalue weighted by atomic mass is 9.66. The van der Waals surface area contributed by atoms with Gasteiger partial charge in [0.15, 0.2) is 6.10 Å². The number of hydrogen-bond donors (Lipinski definition) is 4. The highest BCUT2D eigenvalue weighted by atomic mass is 28.5. The van der Waals surface area contributed by atoms with Gasteiger partial charge in [0.25, 0.3) is 5.79 Å². The second-order valence-electron chi connectivity index (χ2n) is 15.1. The van der Waals surface area contributed by atoms with E-state index in [1.165, 1.54) is 12.1 Å². The van der Waals surface area contributed by atoms with Crippen LogP contribution >= 0.6 is 0 Å². The number of benzene rings is 2. The Bertz CT molecular complexity index is 1510. The Morgan fingerprint density at radius 1 is 0.900 bits per heavy atom. The van der Waals surface area contributed by atoms with Crippen LogP contribution < -0.4 is 5.48 Å². The van der Waals surface area contributed by atoms with Crippen molar-refractivity contribution < 1.29 is 47.4 Å². The van der Waals surface area contributed by atoms with Crippen LogP contribution in [0.25, 0.3) is 0 Å². The van der Waals surface area contributed by atoms with Crippen molar-refractivity contribution in [1.82, 2.24) is 5.48 Å². The van der Waals surface area contributed by atoms with Gasteiger partial charge < -0.3 is 37.8 Å². The maximum Gasteiger partial charge on any atom is 0.335 e. The third-order valence-corrected chi connectivity index (χ3v) is 20.9. The molecule has 0 spiro atoms. The fourth-order valence-corrected chi connectivity index (χ4v) is 19.2. The first kappa shape index (κ1) is 38.7. The molecule has 14 heteroatoms. The average Bonchev–Trinajstić information content (AvgIpc) is 3.31. The standard InChI is InChI=1S/C36H52N2O10Si2/c1-23(2)49(24(3)4)46-31-33(47-50(48-49,25(5)6)26(7)8)35(41,22-39)32(45-36(42,21-37)28-17-13-10-14-18-28)30-34(31,19-29(40)44-30)38-43-20-27-15-11-9-12-16-27/h9-18,23-26,30-33,38-39,41-42H,19-20,22H2,1-8H3/t30-,31+,32+,33-,34+,35-,36?/m0/s1. The van der Waals surface area contributed by atoms with Crippen molar-refractivity contribution in [2.24, 2.45) is 0 Å². The van der Waals surface area contributed by atoms with E-state index in [0.717, 1.165) is 5.56 Å². The highest BCUT2D eigenvalue weighted by Crippen LogP contribution is 2.56. The molecule has 2 saturated heterocycles. The van der Waals surface area contributed by atoms with E-state index in [1.807, 2.05) is 91.8 Å². The maximum absolute atomic E-state index is 13.6. The van der Waals surface area contributed by atoms with Crippen molar-refractivity contribution >= 4 is 23.1 Å². The number of nitrogens with zero attached hydrogens (tertiary/aromatic N) is 1. The van der Waals surface area contributed by atoms with Gasteiger partial charge in [-0.25, -0.2) is 0 Å². The molecule has 0 radical (unpaired) electrons. The van der Waals surface area contributed by atoms with E-state index in [9.17, 15) is 25.4 Å². The number of fused-ring (bicyclic) bond motifs is 3. The Balaban J connectivity index is 1.76. The molecular weight excluding hydrogens is 677 g/mol. The molecule has 2 aromatic carbocycles. The van der Waals surface area contributed by atoms with Crippen LogP contribution in [0, 0.1) is 11.3 Å². The van der Waals surface area contributed by atoms with Crippen LogP contribution in [0.4, 0.5) is 0 Å². The Labute approximate surface area is 297 Å². The minimum absolute atomic E-state index is 0.0774. The third-order valence-electron chi connectivity index (χ3n) is 10.6. The molecule has 4 N–H and O–H groups in total. The summed E-state index contributed by atoms with van der Waals surface area (Å²) in [6, 6.07) is 19.2. The molecule has 3 aliphatic rings. The second kappa shape index (κ2) is 14.5. The highest BCUT2D eigenvalue weighted by molar-refractivity contribution is 6.84. The van der Waals surface area contributed by atoms with Crippen molar-refractivity contribution in [1.29, 1.82) is 5.26 Å². The predicted octanol–water partition coefficient (Wildman–Crippen LogP) is 4.58. The number of rotatable bonds is 12. The van der Waals surface area contributed by atoms with Crippen LogP contribution in [0.5, 0.6) is 0 Å². The zero-order valence-electron chi connectivity index (χ0n) is 30.2. The monoisotopic (exact) mass is 728 g/mol. The summed E-state index contributed by atoms with van der Waals surface area (Å²) < 4.78 is 34.2. The number of nitriles is 1. The molecule has 50 heavy (non-hydrogen) atoms. The molecule has 2 aromatic rings. The fourth-order valence-electron chi connectivity index (χ4n) is 7.88. The van der Waals surface area contributed by atoms with E-state index >= 15 is 0 Å². The van der Waals surface area contributed by atoms with Crippen LogP contribution in [-0.2, 0) is 44.5 Å². The molecule has 2 heterocycles. The molecule has 0 aromatic heterocycles. The lowest BCUT2D eigenvalue weighted by Crippen LogP contribution is -2.81. The number of hydroxylamine groups is 1.